The molecular formula is C14H18FNO2S. The molecule has 0 saturated heterocycles. The van der Waals surface area contributed by atoms with Crippen LogP contribution in [0.2, 0.25) is 0 Å². The minimum atomic E-state index is -0.535. The van der Waals surface area contributed by atoms with Crippen molar-refractivity contribution in [3.63, 3.8) is 0 Å². The monoisotopic (exact) mass is 283 g/mol. The number of nitrogens with zero attached hydrogens (tertiary/aromatic N) is 1. The third-order valence-electron chi connectivity index (χ3n) is 2.76. The lowest BCUT2D eigenvalue weighted by Crippen LogP contribution is -2.30. The van der Waals surface area contributed by atoms with Gasteiger partial charge in [0.05, 0.1) is 5.69 Å². The first kappa shape index (κ1) is 15.7. The summed E-state index contributed by atoms with van der Waals surface area (Å²) in [5.74, 6) is -0.0125. The molecule has 0 bridgehead atoms. The van der Waals surface area contributed by atoms with E-state index < -0.39 is 5.82 Å². The molecule has 0 spiro atoms. The summed E-state index contributed by atoms with van der Waals surface area (Å²) in [6, 6.07) is 4.22. The van der Waals surface area contributed by atoms with E-state index in [9.17, 15) is 14.0 Å². The van der Waals surface area contributed by atoms with Gasteiger partial charge in [-0.25, -0.2) is 4.39 Å². The van der Waals surface area contributed by atoms with Gasteiger partial charge in [0.25, 0.3) is 0 Å². The minimum Gasteiger partial charge on any atom is -0.310 e. The van der Waals surface area contributed by atoms with Crippen molar-refractivity contribution in [2.45, 2.75) is 20.3 Å². The molecule has 0 aliphatic heterocycles. The number of thioether (sulfide) groups is 1. The molecule has 0 fully saturated rings. The van der Waals surface area contributed by atoms with Crippen molar-refractivity contribution in [1.82, 2.24) is 0 Å². The van der Waals surface area contributed by atoms with Gasteiger partial charge in [0.1, 0.15) is 5.82 Å². The number of ketones is 1. The summed E-state index contributed by atoms with van der Waals surface area (Å²) in [6.45, 7) is 3.28. The Morgan fingerprint density at radius 2 is 2.00 bits per heavy atom. The van der Waals surface area contributed by atoms with Crippen LogP contribution in [-0.4, -0.2) is 30.2 Å². The highest BCUT2D eigenvalue weighted by Crippen LogP contribution is 2.21. The molecule has 0 atom stereocenters. The molecule has 3 nitrogen and oxygen atoms in total. The van der Waals surface area contributed by atoms with E-state index in [-0.39, 0.29) is 17.4 Å². The van der Waals surface area contributed by atoms with Crippen LogP contribution >= 0.6 is 11.8 Å². The van der Waals surface area contributed by atoms with Gasteiger partial charge >= 0.3 is 0 Å². The van der Waals surface area contributed by atoms with Crippen molar-refractivity contribution in [1.29, 1.82) is 0 Å². The molecule has 0 aliphatic rings. The molecule has 0 heterocycles. The topological polar surface area (TPSA) is 37.4 Å². The first-order chi connectivity index (χ1) is 8.97. The minimum absolute atomic E-state index is 0.192. The standard InChI is InChI=1S/C14H18FNO2S/c1-10(17)12-5-6-14(13(15)9-12)16(11(2)18)7-4-8-19-3/h5-6,9H,4,7-8H2,1-3H3. The van der Waals surface area contributed by atoms with Crippen molar-refractivity contribution in [2.75, 3.05) is 23.5 Å². The molecule has 1 amide bonds. The number of benzene rings is 1. The van der Waals surface area contributed by atoms with Crippen molar-refractivity contribution in [3.05, 3.63) is 29.6 Å². The molecule has 5 heteroatoms. The fourth-order valence-electron chi connectivity index (χ4n) is 1.76. The first-order valence-corrected chi connectivity index (χ1v) is 7.44. The number of carbonyl (C=O) groups excluding carboxylic acids is 2. The van der Waals surface area contributed by atoms with Crippen LogP contribution in [0.15, 0.2) is 18.2 Å². The van der Waals surface area contributed by atoms with E-state index >= 15 is 0 Å². The lowest BCUT2D eigenvalue weighted by molar-refractivity contribution is -0.116. The van der Waals surface area contributed by atoms with Gasteiger partial charge in [-0.2, -0.15) is 11.8 Å². The zero-order chi connectivity index (χ0) is 14.4. The van der Waals surface area contributed by atoms with Gasteiger partial charge in [0.15, 0.2) is 5.78 Å². The zero-order valence-electron chi connectivity index (χ0n) is 11.4. The summed E-state index contributed by atoms with van der Waals surface area (Å²) < 4.78 is 14.0. The third kappa shape index (κ3) is 4.35. The largest absolute Gasteiger partial charge is 0.310 e. The van der Waals surface area contributed by atoms with Gasteiger partial charge in [-0.1, -0.05) is 0 Å². The zero-order valence-corrected chi connectivity index (χ0v) is 12.2. The highest BCUT2D eigenvalue weighted by molar-refractivity contribution is 7.98. The maximum atomic E-state index is 14.0. The Hall–Kier alpha value is -1.36. The Kier molecular flexibility index (Phi) is 6.02. The Bertz CT molecular complexity index is 477. The molecule has 0 saturated carbocycles. The summed E-state index contributed by atoms with van der Waals surface area (Å²) >= 11 is 1.68. The molecule has 0 N–H and O–H groups in total. The van der Waals surface area contributed by atoms with E-state index in [1.807, 2.05) is 6.26 Å². The summed E-state index contributed by atoms with van der Waals surface area (Å²) in [6.07, 6.45) is 2.79. The van der Waals surface area contributed by atoms with Crippen molar-refractivity contribution in [3.8, 4) is 0 Å². The van der Waals surface area contributed by atoms with Gasteiger partial charge in [0.2, 0.25) is 5.91 Å². The molecule has 0 aliphatic carbocycles. The molecule has 1 aromatic carbocycles. The smallest absolute Gasteiger partial charge is 0.223 e. The maximum absolute atomic E-state index is 14.0. The van der Waals surface area contributed by atoms with Crippen LogP contribution in [0.25, 0.3) is 0 Å². The van der Waals surface area contributed by atoms with Crippen LogP contribution < -0.4 is 4.90 Å². The van der Waals surface area contributed by atoms with Crippen LogP contribution in [0.3, 0.4) is 0 Å². The number of rotatable bonds is 6. The molecule has 1 aromatic rings. The van der Waals surface area contributed by atoms with Crippen LogP contribution in [0.4, 0.5) is 10.1 Å². The first-order valence-electron chi connectivity index (χ1n) is 6.05. The van der Waals surface area contributed by atoms with Gasteiger partial charge in [-0.05, 0) is 43.6 Å². The van der Waals surface area contributed by atoms with E-state index in [0.717, 1.165) is 12.2 Å². The summed E-state index contributed by atoms with van der Waals surface area (Å²) in [4.78, 5) is 24.2. The number of hydrogen-bond donors (Lipinski definition) is 0. The van der Waals surface area contributed by atoms with E-state index in [4.69, 9.17) is 0 Å². The Morgan fingerprint density at radius 1 is 1.32 bits per heavy atom. The molecule has 0 aromatic heterocycles. The second kappa shape index (κ2) is 7.28. The Labute approximate surface area is 117 Å². The number of amides is 1. The SMILES string of the molecule is CSCCCN(C(C)=O)c1ccc(C(C)=O)cc1F. The lowest BCUT2D eigenvalue weighted by atomic mass is 10.1. The van der Waals surface area contributed by atoms with Crippen LogP contribution in [0, 0.1) is 5.82 Å². The molecule has 0 unspecified atom stereocenters. The lowest BCUT2D eigenvalue weighted by Gasteiger charge is -2.21. The van der Waals surface area contributed by atoms with Crippen molar-refractivity contribution in [2.24, 2.45) is 0 Å². The summed E-state index contributed by atoms with van der Waals surface area (Å²) in [5.41, 5.74) is 0.549. The van der Waals surface area contributed by atoms with Crippen LogP contribution in [0.5, 0.6) is 0 Å². The number of Topliss-reactive ketones (excluding diaryl/α,β-unsaturated/α-hetero) is 1. The highest BCUT2D eigenvalue weighted by atomic mass is 32.2. The molecule has 0 radical (unpaired) electrons. The predicted octanol–water partition coefficient (Wildman–Crippen LogP) is 3.13. The average molecular weight is 283 g/mol. The van der Waals surface area contributed by atoms with Crippen LogP contribution in [0.1, 0.15) is 30.6 Å². The Morgan fingerprint density at radius 3 is 2.47 bits per heavy atom. The molecule has 104 valence electrons. The third-order valence-corrected chi connectivity index (χ3v) is 3.45. The number of halogens is 1. The summed E-state index contributed by atoms with van der Waals surface area (Å²) in [7, 11) is 0. The second-order valence-electron chi connectivity index (χ2n) is 4.24. The fourth-order valence-corrected chi connectivity index (χ4v) is 2.18. The Balaban J connectivity index is 2.96. The van der Waals surface area contributed by atoms with Gasteiger partial charge < -0.3 is 4.90 Å². The molecule has 1 rings (SSSR count). The average Bonchev–Trinajstić information content (AvgIpc) is 2.35. The van der Waals surface area contributed by atoms with E-state index in [2.05, 4.69) is 0 Å². The quantitative estimate of drug-likeness (QED) is 0.594. The number of carbonyl (C=O) groups is 2. The molecular weight excluding hydrogens is 265 g/mol. The molecule has 19 heavy (non-hydrogen) atoms. The van der Waals surface area contributed by atoms with E-state index in [1.165, 1.54) is 30.9 Å². The highest BCUT2D eigenvalue weighted by Gasteiger charge is 2.16. The predicted molar refractivity (Wildman–Crippen MR) is 77.4 cm³/mol. The van der Waals surface area contributed by atoms with Gasteiger partial charge in [0, 0.05) is 19.0 Å². The van der Waals surface area contributed by atoms with Crippen molar-refractivity contribution >= 4 is 29.1 Å². The van der Waals surface area contributed by atoms with Crippen LogP contribution in [-0.2, 0) is 4.79 Å². The van der Waals surface area contributed by atoms with E-state index in [1.54, 1.807) is 17.8 Å². The number of hydrogen-bond acceptors (Lipinski definition) is 3. The number of anilines is 1. The second-order valence-corrected chi connectivity index (χ2v) is 5.22. The van der Waals surface area contributed by atoms with Gasteiger partial charge in [-0.3, -0.25) is 9.59 Å². The normalized spacial score (nSPS) is 10.3. The van der Waals surface area contributed by atoms with E-state index in [0.29, 0.717) is 12.1 Å². The maximum Gasteiger partial charge on any atom is 0.223 e. The van der Waals surface area contributed by atoms with Crippen molar-refractivity contribution < 1.29 is 14.0 Å². The fraction of sp³-hybridized carbons (Fsp3) is 0.429. The summed E-state index contributed by atoms with van der Waals surface area (Å²) in [5, 5.41) is 0. The van der Waals surface area contributed by atoms with Gasteiger partial charge in [-0.15, -0.1) is 0 Å².